The zero-order chi connectivity index (χ0) is 20.2. The SMILES string of the molecule is O=C1C(=O)N(CCCn2ccnc2)C(c2ccccc2)/C1=C(\O)c1ccccc1. The van der Waals surface area contributed by atoms with Gasteiger partial charge in [-0.15, -0.1) is 0 Å². The van der Waals surface area contributed by atoms with E-state index >= 15 is 0 Å². The Kier molecular flexibility index (Phi) is 5.24. The fraction of sp³-hybridized carbons (Fsp3) is 0.174. The summed E-state index contributed by atoms with van der Waals surface area (Å²) in [7, 11) is 0. The number of hydrogen-bond acceptors (Lipinski definition) is 4. The number of aryl methyl sites for hydroxylation is 1. The van der Waals surface area contributed by atoms with E-state index in [-0.39, 0.29) is 11.3 Å². The third kappa shape index (κ3) is 3.69. The van der Waals surface area contributed by atoms with Crippen LogP contribution in [0.4, 0.5) is 0 Å². The largest absolute Gasteiger partial charge is 0.507 e. The lowest BCUT2D eigenvalue weighted by molar-refractivity contribution is -0.139. The van der Waals surface area contributed by atoms with E-state index in [0.717, 1.165) is 5.56 Å². The van der Waals surface area contributed by atoms with Crippen LogP contribution in [0.3, 0.4) is 0 Å². The number of imidazole rings is 1. The van der Waals surface area contributed by atoms with Gasteiger partial charge in [-0.3, -0.25) is 9.59 Å². The van der Waals surface area contributed by atoms with E-state index in [1.807, 2.05) is 47.2 Å². The van der Waals surface area contributed by atoms with E-state index in [1.165, 1.54) is 0 Å². The minimum Gasteiger partial charge on any atom is -0.507 e. The van der Waals surface area contributed by atoms with Gasteiger partial charge in [-0.05, 0) is 12.0 Å². The summed E-state index contributed by atoms with van der Waals surface area (Å²) in [4.78, 5) is 31.3. The van der Waals surface area contributed by atoms with Gasteiger partial charge >= 0.3 is 0 Å². The predicted octanol–water partition coefficient (Wildman–Crippen LogP) is 3.40. The number of hydrogen-bond donors (Lipinski definition) is 1. The number of likely N-dealkylation sites (tertiary alicyclic amines) is 1. The first-order chi connectivity index (χ1) is 14.2. The van der Waals surface area contributed by atoms with E-state index in [1.54, 1.807) is 41.7 Å². The quantitative estimate of drug-likeness (QED) is 0.400. The monoisotopic (exact) mass is 387 g/mol. The number of nitrogens with zero attached hydrogens (tertiary/aromatic N) is 3. The summed E-state index contributed by atoms with van der Waals surface area (Å²) in [6, 6.07) is 17.6. The topological polar surface area (TPSA) is 75.4 Å². The summed E-state index contributed by atoms with van der Waals surface area (Å²) >= 11 is 0. The molecule has 2 aromatic carbocycles. The maximum absolute atomic E-state index is 12.9. The molecule has 146 valence electrons. The van der Waals surface area contributed by atoms with Crippen LogP contribution < -0.4 is 0 Å². The zero-order valence-electron chi connectivity index (χ0n) is 15.8. The fourth-order valence-corrected chi connectivity index (χ4v) is 3.69. The van der Waals surface area contributed by atoms with Crippen molar-refractivity contribution in [2.45, 2.75) is 19.0 Å². The highest BCUT2D eigenvalue weighted by atomic mass is 16.3. The Morgan fingerprint density at radius 1 is 0.966 bits per heavy atom. The van der Waals surface area contributed by atoms with Crippen molar-refractivity contribution in [2.75, 3.05) is 6.54 Å². The second-order valence-electron chi connectivity index (χ2n) is 6.92. The summed E-state index contributed by atoms with van der Waals surface area (Å²) in [5, 5.41) is 10.9. The highest BCUT2D eigenvalue weighted by Crippen LogP contribution is 2.39. The molecule has 1 aliphatic rings. The molecule has 3 aromatic rings. The smallest absolute Gasteiger partial charge is 0.295 e. The minimum absolute atomic E-state index is 0.134. The molecule has 1 fully saturated rings. The Morgan fingerprint density at radius 2 is 1.66 bits per heavy atom. The molecule has 1 atom stereocenters. The molecule has 1 N–H and O–H groups in total. The number of carbonyl (C=O) groups excluding carboxylic acids is 2. The first-order valence-corrected chi connectivity index (χ1v) is 9.51. The number of rotatable bonds is 6. The van der Waals surface area contributed by atoms with Crippen LogP contribution in [0.5, 0.6) is 0 Å². The van der Waals surface area contributed by atoms with Crippen molar-refractivity contribution < 1.29 is 14.7 Å². The normalized spacial score (nSPS) is 18.3. The van der Waals surface area contributed by atoms with Crippen LogP contribution in [0.1, 0.15) is 23.6 Å². The van der Waals surface area contributed by atoms with E-state index in [0.29, 0.717) is 25.1 Å². The molecule has 1 aliphatic heterocycles. The minimum atomic E-state index is -0.650. The molecule has 6 nitrogen and oxygen atoms in total. The van der Waals surface area contributed by atoms with Crippen LogP contribution in [0.25, 0.3) is 5.76 Å². The van der Waals surface area contributed by atoms with Gasteiger partial charge in [0, 0.05) is 31.0 Å². The van der Waals surface area contributed by atoms with Gasteiger partial charge in [0.25, 0.3) is 11.7 Å². The van der Waals surface area contributed by atoms with Crippen molar-refractivity contribution in [2.24, 2.45) is 0 Å². The van der Waals surface area contributed by atoms with E-state index in [4.69, 9.17) is 0 Å². The lowest BCUT2D eigenvalue weighted by atomic mass is 9.95. The number of aliphatic hydroxyl groups is 1. The third-order valence-electron chi connectivity index (χ3n) is 5.08. The van der Waals surface area contributed by atoms with Crippen molar-refractivity contribution in [3.63, 3.8) is 0 Å². The molecule has 0 spiro atoms. The number of ketones is 1. The summed E-state index contributed by atoms with van der Waals surface area (Å²) < 4.78 is 1.93. The number of carbonyl (C=O) groups is 2. The van der Waals surface area contributed by atoms with E-state index in [2.05, 4.69) is 4.98 Å². The van der Waals surface area contributed by atoms with E-state index in [9.17, 15) is 14.7 Å². The number of aliphatic hydroxyl groups excluding tert-OH is 1. The van der Waals surface area contributed by atoms with Crippen LogP contribution >= 0.6 is 0 Å². The third-order valence-corrected chi connectivity index (χ3v) is 5.08. The van der Waals surface area contributed by atoms with Crippen molar-refractivity contribution in [1.82, 2.24) is 14.5 Å². The first-order valence-electron chi connectivity index (χ1n) is 9.51. The molecule has 6 heteroatoms. The Hall–Kier alpha value is -3.67. The molecule has 4 rings (SSSR count). The summed E-state index contributed by atoms with van der Waals surface area (Å²) in [6.45, 7) is 1.08. The predicted molar refractivity (Wildman–Crippen MR) is 109 cm³/mol. The van der Waals surface area contributed by atoms with E-state index < -0.39 is 17.7 Å². The van der Waals surface area contributed by atoms with Gasteiger partial charge in [0.15, 0.2) is 0 Å². The summed E-state index contributed by atoms with van der Waals surface area (Å²) in [5.41, 5.74) is 1.45. The average Bonchev–Trinajstić information content (AvgIpc) is 3.37. The summed E-state index contributed by atoms with van der Waals surface area (Å²) in [6.07, 6.45) is 5.95. The second-order valence-corrected chi connectivity index (χ2v) is 6.92. The Balaban J connectivity index is 1.70. The van der Waals surface area contributed by atoms with Gasteiger partial charge in [0.2, 0.25) is 0 Å². The maximum Gasteiger partial charge on any atom is 0.295 e. The standard InChI is InChI=1S/C23H21N3O3/c27-21(18-10-5-2-6-11-18)19-20(17-8-3-1-4-9-17)26(23(29)22(19)28)14-7-13-25-15-12-24-16-25/h1-6,8-12,15-16,20,27H,7,13-14H2/b21-19+. The molecule has 0 saturated carbocycles. The lowest BCUT2D eigenvalue weighted by Gasteiger charge is -2.25. The molecular weight excluding hydrogens is 366 g/mol. The highest BCUT2D eigenvalue weighted by molar-refractivity contribution is 6.46. The molecule has 29 heavy (non-hydrogen) atoms. The Bertz CT molecular complexity index is 1030. The molecule has 0 radical (unpaired) electrons. The average molecular weight is 387 g/mol. The summed E-state index contributed by atoms with van der Waals surface area (Å²) in [5.74, 6) is -1.38. The van der Waals surface area contributed by atoms with Gasteiger partial charge < -0.3 is 14.6 Å². The van der Waals surface area contributed by atoms with Crippen LogP contribution in [-0.2, 0) is 16.1 Å². The highest BCUT2D eigenvalue weighted by Gasteiger charge is 2.45. The molecule has 1 amide bonds. The van der Waals surface area contributed by atoms with Crippen molar-refractivity contribution in [1.29, 1.82) is 0 Å². The second kappa shape index (κ2) is 8.14. The van der Waals surface area contributed by atoms with Crippen molar-refractivity contribution in [3.05, 3.63) is 96.1 Å². The van der Waals surface area contributed by atoms with Crippen molar-refractivity contribution in [3.8, 4) is 0 Å². The lowest BCUT2D eigenvalue weighted by Crippen LogP contribution is -2.31. The van der Waals surface area contributed by atoms with Crippen molar-refractivity contribution >= 4 is 17.4 Å². The Labute approximate surface area is 168 Å². The molecular formula is C23H21N3O3. The van der Waals surface area contributed by atoms with Crippen LogP contribution in [0, 0.1) is 0 Å². The number of amides is 1. The van der Waals surface area contributed by atoms with Crippen LogP contribution in [-0.4, -0.2) is 37.8 Å². The van der Waals surface area contributed by atoms with Gasteiger partial charge in [0.05, 0.1) is 17.9 Å². The first kappa shape index (κ1) is 18.7. The number of aromatic nitrogens is 2. The van der Waals surface area contributed by atoms with Gasteiger partial charge in [0.1, 0.15) is 5.76 Å². The number of benzene rings is 2. The van der Waals surface area contributed by atoms with Gasteiger partial charge in [-0.25, -0.2) is 4.98 Å². The fourth-order valence-electron chi connectivity index (χ4n) is 3.69. The van der Waals surface area contributed by atoms with Gasteiger partial charge in [-0.1, -0.05) is 60.7 Å². The molecule has 1 saturated heterocycles. The molecule has 1 aromatic heterocycles. The molecule has 2 heterocycles. The van der Waals surface area contributed by atoms with Gasteiger partial charge in [-0.2, -0.15) is 0 Å². The molecule has 1 unspecified atom stereocenters. The Morgan fingerprint density at radius 3 is 2.31 bits per heavy atom. The number of Topliss-reactive ketones (excluding diaryl/α,β-unsaturated/α-hetero) is 1. The molecule has 0 aliphatic carbocycles. The zero-order valence-corrected chi connectivity index (χ0v) is 15.8. The molecule has 0 bridgehead atoms. The van der Waals surface area contributed by atoms with Crippen LogP contribution in [0.15, 0.2) is 85.0 Å². The van der Waals surface area contributed by atoms with Crippen LogP contribution in [0.2, 0.25) is 0 Å². The maximum atomic E-state index is 12.9.